The van der Waals surface area contributed by atoms with Gasteiger partial charge in [-0.25, -0.2) is 11.0 Å². The van der Waals surface area contributed by atoms with Crippen LogP contribution in [0.1, 0.15) is 0 Å². The first-order valence-corrected chi connectivity index (χ1v) is 8.76. The number of benzene rings is 2. The highest BCUT2D eigenvalue weighted by atomic mass is 35.5. The van der Waals surface area contributed by atoms with E-state index in [2.05, 4.69) is 22.8 Å². The lowest BCUT2D eigenvalue weighted by atomic mass is 10.3. The van der Waals surface area contributed by atoms with Gasteiger partial charge < -0.3 is 9.47 Å². The first-order valence-electron chi connectivity index (χ1n) is 7.24. The Bertz CT molecular complexity index is 833. The quantitative estimate of drug-likeness (QED) is 0.403. The molecular formula is C18H12Cl4N2O3. The number of anilines is 2. The van der Waals surface area contributed by atoms with Crippen molar-refractivity contribution in [3.8, 4) is 36.2 Å². The Hall–Kier alpha value is -2.12. The van der Waals surface area contributed by atoms with E-state index in [0.717, 1.165) is 0 Å². The van der Waals surface area contributed by atoms with Crippen LogP contribution >= 0.6 is 46.4 Å². The van der Waals surface area contributed by atoms with Gasteiger partial charge in [-0.15, -0.1) is 12.8 Å². The van der Waals surface area contributed by atoms with E-state index in [1.807, 2.05) is 0 Å². The van der Waals surface area contributed by atoms with Crippen molar-refractivity contribution >= 4 is 57.8 Å². The lowest BCUT2D eigenvalue weighted by Gasteiger charge is -2.14. The molecule has 2 aromatic carbocycles. The van der Waals surface area contributed by atoms with Gasteiger partial charge in [-0.1, -0.05) is 58.2 Å². The maximum atomic E-state index is 6.12. The fraction of sp³-hybridized carbons (Fsp3) is 0.111. The summed E-state index contributed by atoms with van der Waals surface area (Å²) in [5.74, 6) is 5.38. The monoisotopic (exact) mass is 444 g/mol. The molecule has 0 bridgehead atoms. The molecule has 2 N–H and O–H groups in total. The van der Waals surface area contributed by atoms with E-state index in [0.29, 0.717) is 43.0 Å². The zero-order chi connectivity index (χ0) is 19.8. The van der Waals surface area contributed by atoms with Crippen molar-refractivity contribution in [1.82, 2.24) is 0 Å². The van der Waals surface area contributed by atoms with Crippen LogP contribution in [0.15, 0.2) is 24.3 Å². The van der Waals surface area contributed by atoms with E-state index in [1.54, 1.807) is 0 Å². The van der Waals surface area contributed by atoms with Gasteiger partial charge in [0.15, 0.2) is 0 Å². The first-order chi connectivity index (χ1) is 13.0. The maximum Gasteiger partial charge on any atom is 0.148 e. The molecule has 0 spiro atoms. The van der Waals surface area contributed by atoms with Crippen LogP contribution in [0, 0.1) is 24.7 Å². The summed E-state index contributed by atoms with van der Waals surface area (Å²) in [4.78, 5) is 5.22. The molecule has 2 rings (SSSR count). The molecule has 5 nitrogen and oxygen atoms in total. The minimum atomic E-state index is 0.0563. The zero-order valence-electron chi connectivity index (χ0n) is 13.6. The normalized spacial score (nSPS) is 9.85. The van der Waals surface area contributed by atoms with Crippen LogP contribution in [0.4, 0.5) is 11.4 Å². The van der Waals surface area contributed by atoms with Crippen molar-refractivity contribution in [3.63, 3.8) is 0 Å². The number of halogens is 4. The summed E-state index contributed by atoms with van der Waals surface area (Å²) in [5, 5.41) is 1.22. The average molecular weight is 446 g/mol. The Balaban J connectivity index is 2.08. The number of ether oxygens (including phenoxy) is 2. The second-order valence-electron chi connectivity index (χ2n) is 4.82. The van der Waals surface area contributed by atoms with Gasteiger partial charge in [0.05, 0.1) is 31.5 Å². The molecule has 0 heterocycles. The van der Waals surface area contributed by atoms with Crippen LogP contribution < -0.4 is 20.4 Å². The first kappa shape index (κ1) is 21.2. The molecule has 0 radical (unpaired) electrons. The van der Waals surface area contributed by atoms with Crippen LogP contribution in [0.3, 0.4) is 0 Å². The van der Waals surface area contributed by atoms with Crippen LogP contribution in [-0.4, -0.2) is 13.2 Å². The van der Waals surface area contributed by atoms with Crippen LogP contribution in [0.25, 0.3) is 0 Å². The number of hydrogen-bond acceptors (Lipinski definition) is 5. The summed E-state index contributed by atoms with van der Waals surface area (Å²) in [6.45, 7) is 0.113. The minimum Gasteiger partial charge on any atom is -0.479 e. The van der Waals surface area contributed by atoms with E-state index >= 15 is 0 Å². The van der Waals surface area contributed by atoms with Gasteiger partial charge in [-0.05, 0) is 12.1 Å². The third-order valence-corrected chi connectivity index (χ3v) is 4.20. The third-order valence-electron chi connectivity index (χ3n) is 2.99. The minimum absolute atomic E-state index is 0.0563. The van der Waals surface area contributed by atoms with Gasteiger partial charge in [0, 0.05) is 12.1 Å². The fourth-order valence-corrected chi connectivity index (χ4v) is 2.76. The maximum absolute atomic E-state index is 6.12. The van der Waals surface area contributed by atoms with Gasteiger partial charge in [0.2, 0.25) is 0 Å². The van der Waals surface area contributed by atoms with Crippen LogP contribution in [-0.2, 0) is 4.94 Å². The molecule has 0 atom stereocenters. The molecule has 9 heteroatoms. The highest BCUT2D eigenvalue weighted by Crippen LogP contribution is 2.36. The lowest BCUT2D eigenvalue weighted by molar-refractivity contribution is 0.264. The van der Waals surface area contributed by atoms with Gasteiger partial charge in [-0.3, -0.25) is 0 Å². The topological polar surface area (TPSA) is 51.8 Å². The molecular weight excluding hydrogens is 434 g/mol. The van der Waals surface area contributed by atoms with Crippen LogP contribution in [0.2, 0.25) is 20.1 Å². The summed E-state index contributed by atoms with van der Waals surface area (Å²) < 4.78 is 10.6. The van der Waals surface area contributed by atoms with E-state index in [-0.39, 0.29) is 13.2 Å². The highest BCUT2D eigenvalue weighted by Gasteiger charge is 2.11. The standard InChI is InChI=1S/C18H12Cl4N2O3/c1-3-5-25-17-9-15(11(19)7-13(17)21)23-27-24-16-10-18(26-6-4-2)14(22)8-12(16)20/h1-2,7-10,23-24H,5-6H2. The summed E-state index contributed by atoms with van der Waals surface area (Å²) in [6, 6.07) is 6.05. The molecule has 0 saturated heterocycles. The van der Waals surface area contributed by atoms with E-state index in [1.165, 1.54) is 24.3 Å². The van der Waals surface area contributed by atoms with E-state index in [4.69, 9.17) is 73.7 Å². The Morgan fingerprint density at radius 2 is 1.11 bits per heavy atom. The number of hydrogen-bond donors (Lipinski definition) is 2. The summed E-state index contributed by atoms with van der Waals surface area (Å²) in [7, 11) is 0. The molecule has 0 unspecified atom stereocenters. The van der Waals surface area contributed by atoms with Gasteiger partial charge in [0.25, 0.3) is 0 Å². The van der Waals surface area contributed by atoms with Crippen molar-refractivity contribution in [2.24, 2.45) is 0 Å². The molecule has 0 saturated carbocycles. The Kier molecular flexibility index (Phi) is 8.06. The summed E-state index contributed by atoms with van der Waals surface area (Å²) in [5.41, 5.74) is 5.99. The van der Waals surface area contributed by atoms with Crippen molar-refractivity contribution < 1.29 is 14.4 Å². The van der Waals surface area contributed by atoms with Crippen molar-refractivity contribution in [1.29, 1.82) is 0 Å². The largest absolute Gasteiger partial charge is 0.479 e. The highest BCUT2D eigenvalue weighted by molar-refractivity contribution is 6.37. The molecule has 0 aliphatic rings. The van der Waals surface area contributed by atoms with Crippen molar-refractivity contribution in [2.75, 3.05) is 24.2 Å². The smallest absolute Gasteiger partial charge is 0.148 e. The molecule has 0 aliphatic heterocycles. The fourth-order valence-electron chi connectivity index (χ4n) is 1.81. The Morgan fingerprint density at radius 1 is 0.704 bits per heavy atom. The van der Waals surface area contributed by atoms with Gasteiger partial charge in [-0.2, -0.15) is 4.94 Å². The molecule has 0 amide bonds. The Morgan fingerprint density at radius 3 is 1.48 bits per heavy atom. The predicted octanol–water partition coefficient (Wildman–Crippen LogP) is 5.69. The molecule has 0 aliphatic carbocycles. The molecule has 0 fully saturated rings. The second-order valence-corrected chi connectivity index (χ2v) is 6.45. The van der Waals surface area contributed by atoms with E-state index in [9.17, 15) is 0 Å². The van der Waals surface area contributed by atoms with E-state index < -0.39 is 0 Å². The summed E-state index contributed by atoms with van der Waals surface area (Å²) >= 11 is 24.3. The number of rotatable bonds is 8. The second kappa shape index (κ2) is 10.3. The number of terminal acetylenes is 2. The molecule has 0 aromatic heterocycles. The molecule has 27 heavy (non-hydrogen) atoms. The SMILES string of the molecule is C#CCOc1cc(NONc2cc(OCC#C)c(Cl)cc2Cl)c(Cl)cc1Cl. The van der Waals surface area contributed by atoms with Gasteiger partial charge in [0.1, 0.15) is 24.7 Å². The lowest BCUT2D eigenvalue weighted by Crippen LogP contribution is -2.09. The van der Waals surface area contributed by atoms with Crippen LogP contribution in [0.5, 0.6) is 11.5 Å². The van der Waals surface area contributed by atoms with Crippen molar-refractivity contribution in [3.05, 3.63) is 44.4 Å². The predicted molar refractivity (Wildman–Crippen MR) is 110 cm³/mol. The summed E-state index contributed by atoms with van der Waals surface area (Å²) in [6.07, 6.45) is 10.3. The number of nitrogens with one attached hydrogen (secondary N) is 2. The molecule has 140 valence electrons. The third kappa shape index (κ3) is 5.94. The zero-order valence-corrected chi connectivity index (χ0v) is 16.6. The van der Waals surface area contributed by atoms with Gasteiger partial charge >= 0.3 is 0 Å². The average Bonchev–Trinajstić information content (AvgIpc) is 2.63. The molecule has 2 aromatic rings. The van der Waals surface area contributed by atoms with Crippen molar-refractivity contribution in [2.45, 2.75) is 0 Å². The Labute approximate surface area is 176 Å².